The van der Waals surface area contributed by atoms with Gasteiger partial charge in [-0.2, -0.15) is 0 Å². The third kappa shape index (κ3) is 1.80. The third-order valence-corrected chi connectivity index (χ3v) is 2.86. The molecule has 2 nitrogen and oxygen atoms in total. The second-order valence-corrected chi connectivity index (χ2v) is 4.43. The van der Waals surface area contributed by atoms with E-state index >= 15 is 0 Å². The van der Waals surface area contributed by atoms with Crippen molar-refractivity contribution in [1.82, 2.24) is 9.97 Å². The Kier molecular flexibility index (Phi) is 2.35. The number of benzene rings is 1. The largest absolute Gasteiger partial charge is 0.348 e. The van der Waals surface area contributed by atoms with Gasteiger partial charge >= 0.3 is 0 Å². The molecule has 2 rings (SSSR count). The molecule has 0 spiro atoms. The molecule has 1 heterocycles. The molecule has 1 aromatic heterocycles. The summed E-state index contributed by atoms with van der Waals surface area (Å²) in [5.41, 5.74) is 2.51. The molecular weight excluding hydrogens is 184 g/mol. The van der Waals surface area contributed by atoms with Gasteiger partial charge < -0.3 is 4.98 Å². The first-order valence-electron chi connectivity index (χ1n) is 5.18. The maximum atomic E-state index is 4.33. The molecule has 0 aliphatic rings. The molecule has 2 heteroatoms. The van der Waals surface area contributed by atoms with Crippen LogP contribution in [0.5, 0.6) is 0 Å². The van der Waals surface area contributed by atoms with Gasteiger partial charge in [-0.15, -0.1) is 0 Å². The van der Waals surface area contributed by atoms with Gasteiger partial charge in [0.2, 0.25) is 0 Å². The number of aromatic amines is 1. The van der Waals surface area contributed by atoms with E-state index in [1.807, 2.05) is 6.20 Å². The Hall–Kier alpha value is -1.57. The zero-order chi connectivity index (χ0) is 10.9. The highest BCUT2D eigenvalue weighted by atomic mass is 14.9. The van der Waals surface area contributed by atoms with Crippen LogP contribution in [-0.2, 0) is 5.41 Å². The summed E-state index contributed by atoms with van der Waals surface area (Å²) in [6.07, 6.45) is 3.66. The van der Waals surface area contributed by atoms with Crippen molar-refractivity contribution < 1.29 is 0 Å². The molecule has 78 valence electrons. The number of imidazole rings is 1. The van der Waals surface area contributed by atoms with Crippen molar-refractivity contribution in [3.05, 3.63) is 53.6 Å². The fraction of sp³-hybridized carbons (Fsp3) is 0.308. The average Bonchev–Trinajstić information content (AvgIpc) is 2.71. The molecule has 1 aromatic carbocycles. The van der Waals surface area contributed by atoms with E-state index < -0.39 is 0 Å². The Bertz CT molecular complexity index is 424. The summed E-state index contributed by atoms with van der Waals surface area (Å²) >= 11 is 0. The maximum Gasteiger partial charge on any atom is 0.116 e. The minimum absolute atomic E-state index is 0.0583. The molecular formula is C13H16N2. The van der Waals surface area contributed by atoms with E-state index in [1.165, 1.54) is 11.1 Å². The van der Waals surface area contributed by atoms with Gasteiger partial charge in [-0.25, -0.2) is 4.98 Å². The second-order valence-electron chi connectivity index (χ2n) is 4.43. The summed E-state index contributed by atoms with van der Waals surface area (Å²) in [6, 6.07) is 8.61. The van der Waals surface area contributed by atoms with E-state index in [-0.39, 0.29) is 5.41 Å². The van der Waals surface area contributed by atoms with Gasteiger partial charge in [-0.1, -0.05) is 29.8 Å². The van der Waals surface area contributed by atoms with Crippen LogP contribution in [-0.4, -0.2) is 9.97 Å². The van der Waals surface area contributed by atoms with Crippen LogP contribution in [0.3, 0.4) is 0 Å². The number of hydrogen-bond donors (Lipinski definition) is 1. The lowest BCUT2D eigenvalue weighted by atomic mass is 9.83. The number of nitrogens with zero attached hydrogens (tertiary/aromatic N) is 1. The van der Waals surface area contributed by atoms with Crippen molar-refractivity contribution in [2.45, 2.75) is 26.2 Å². The van der Waals surface area contributed by atoms with Crippen LogP contribution in [0.4, 0.5) is 0 Å². The second kappa shape index (κ2) is 3.54. The molecule has 0 atom stereocenters. The molecule has 1 N–H and O–H groups in total. The Balaban J connectivity index is 2.41. The molecule has 0 fully saturated rings. The highest BCUT2D eigenvalue weighted by Gasteiger charge is 2.25. The number of hydrogen-bond acceptors (Lipinski definition) is 1. The van der Waals surface area contributed by atoms with Crippen molar-refractivity contribution in [2.75, 3.05) is 0 Å². The van der Waals surface area contributed by atoms with E-state index in [0.29, 0.717) is 0 Å². The Morgan fingerprint density at radius 2 is 1.80 bits per heavy atom. The molecule has 15 heavy (non-hydrogen) atoms. The molecule has 0 bridgehead atoms. The van der Waals surface area contributed by atoms with Crippen molar-refractivity contribution in [1.29, 1.82) is 0 Å². The molecule has 0 aliphatic carbocycles. The van der Waals surface area contributed by atoms with E-state index in [0.717, 1.165) is 5.82 Å². The highest BCUT2D eigenvalue weighted by Crippen LogP contribution is 2.28. The first kappa shape index (κ1) is 9.97. The normalized spacial score (nSPS) is 11.7. The van der Waals surface area contributed by atoms with Gasteiger partial charge in [-0.05, 0) is 26.3 Å². The third-order valence-electron chi connectivity index (χ3n) is 2.86. The zero-order valence-corrected chi connectivity index (χ0v) is 9.41. The van der Waals surface area contributed by atoms with Crippen LogP contribution in [0.1, 0.15) is 30.8 Å². The Morgan fingerprint density at radius 1 is 1.13 bits per heavy atom. The van der Waals surface area contributed by atoms with Crippen LogP contribution in [0.15, 0.2) is 36.7 Å². The molecule has 2 aromatic rings. The molecule has 0 radical (unpaired) electrons. The van der Waals surface area contributed by atoms with Crippen molar-refractivity contribution >= 4 is 0 Å². The lowest BCUT2D eigenvalue weighted by Gasteiger charge is -2.22. The van der Waals surface area contributed by atoms with E-state index in [4.69, 9.17) is 0 Å². The van der Waals surface area contributed by atoms with Crippen LogP contribution in [0, 0.1) is 6.92 Å². The number of H-pyrrole nitrogens is 1. The lowest BCUT2D eigenvalue weighted by Crippen LogP contribution is -2.20. The first-order valence-corrected chi connectivity index (χ1v) is 5.18. The standard InChI is InChI=1S/C13H16N2/c1-10-4-6-11(7-5-10)13(2,3)12-14-8-9-15-12/h4-9H,1-3H3,(H,14,15). The fourth-order valence-electron chi connectivity index (χ4n) is 1.71. The predicted molar refractivity (Wildman–Crippen MR) is 61.9 cm³/mol. The van der Waals surface area contributed by atoms with E-state index in [1.54, 1.807) is 6.20 Å². The smallest absolute Gasteiger partial charge is 0.116 e. The fourth-order valence-corrected chi connectivity index (χ4v) is 1.71. The van der Waals surface area contributed by atoms with Crippen molar-refractivity contribution in [2.24, 2.45) is 0 Å². The minimum Gasteiger partial charge on any atom is -0.348 e. The lowest BCUT2D eigenvalue weighted by molar-refractivity contribution is 0.598. The SMILES string of the molecule is Cc1ccc(C(C)(C)c2ncc[nH]2)cc1. The maximum absolute atomic E-state index is 4.33. The molecule has 0 amide bonds. The number of rotatable bonds is 2. The predicted octanol–water partition coefficient (Wildman–Crippen LogP) is 3.04. The average molecular weight is 200 g/mol. The Morgan fingerprint density at radius 3 is 2.33 bits per heavy atom. The van der Waals surface area contributed by atoms with Crippen molar-refractivity contribution in [3.63, 3.8) is 0 Å². The zero-order valence-electron chi connectivity index (χ0n) is 9.41. The van der Waals surface area contributed by atoms with Gasteiger partial charge in [0.15, 0.2) is 0 Å². The number of aromatic nitrogens is 2. The number of nitrogens with one attached hydrogen (secondary N) is 1. The molecule has 0 saturated heterocycles. The van der Waals surface area contributed by atoms with Gasteiger partial charge in [0.05, 0.1) is 0 Å². The van der Waals surface area contributed by atoms with E-state index in [9.17, 15) is 0 Å². The monoisotopic (exact) mass is 200 g/mol. The summed E-state index contributed by atoms with van der Waals surface area (Å²) in [6.45, 7) is 6.46. The van der Waals surface area contributed by atoms with Crippen LogP contribution in [0.25, 0.3) is 0 Å². The van der Waals surface area contributed by atoms with Crippen LogP contribution in [0.2, 0.25) is 0 Å². The summed E-state index contributed by atoms with van der Waals surface area (Å²) in [7, 11) is 0. The van der Waals surface area contributed by atoms with Gasteiger partial charge in [0.25, 0.3) is 0 Å². The highest BCUT2D eigenvalue weighted by molar-refractivity contribution is 5.32. The van der Waals surface area contributed by atoms with Gasteiger partial charge in [0.1, 0.15) is 5.82 Å². The molecule has 0 saturated carbocycles. The molecule has 0 unspecified atom stereocenters. The number of aryl methyl sites for hydroxylation is 1. The first-order chi connectivity index (χ1) is 7.10. The quantitative estimate of drug-likeness (QED) is 0.793. The van der Waals surface area contributed by atoms with Crippen molar-refractivity contribution in [3.8, 4) is 0 Å². The Labute approximate surface area is 90.4 Å². The summed E-state index contributed by atoms with van der Waals surface area (Å²) in [4.78, 5) is 7.51. The van der Waals surface area contributed by atoms with Gasteiger partial charge in [-0.3, -0.25) is 0 Å². The van der Waals surface area contributed by atoms with E-state index in [2.05, 4.69) is 55.0 Å². The topological polar surface area (TPSA) is 28.7 Å². The van der Waals surface area contributed by atoms with Crippen LogP contribution >= 0.6 is 0 Å². The summed E-state index contributed by atoms with van der Waals surface area (Å²) < 4.78 is 0. The summed E-state index contributed by atoms with van der Waals surface area (Å²) in [5, 5.41) is 0. The van der Waals surface area contributed by atoms with Crippen LogP contribution < -0.4 is 0 Å². The van der Waals surface area contributed by atoms with Gasteiger partial charge in [0, 0.05) is 17.8 Å². The molecule has 0 aliphatic heterocycles. The minimum atomic E-state index is -0.0583. The summed E-state index contributed by atoms with van der Waals surface area (Å²) in [5.74, 6) is 1.01.